The van der Waals surface area contributed by atoms with Crippen LogP contribution in [0, 0.1) is 5.92 Å². The smallest absolute Gasteiger partial charge is 0.214 e. The third-order valence-corrected chi connectivity index (χ3v) is 4.58. The Morgan fingerprint density at radius 2 is 2.21 bits per heavy atom. The molecule has 1 fully saturated rings. The van der Waals surface area contributed by atoms with Crippen molar-refractivity contribution < 1.29 is 13.5 Å². The predicted molar refractivity (Wildman–Crippen MR) is 55.5 cm³/mol. The maximum atomic E-state index is 11.4. The zero-order chi connectivity index (χ0) is 10.6. The molecule has 1 rings (SSSR count). The molecule has 1 atom stereocenters. The quantitative estimate of drug-likeness (QED) is 0.732. The summed E-state index contributed by atoms with van der Waals surface area (Å²) in [5, 5.41) is 8.80. The minimum Gasteiger partial charge on any atom is -0.396 e. The Hall–Kier alpha value is -0.130. The molecule has 0 aromatic heterocycles. The third kappa shape index (κ3) is 3.22. The van der Waals surface area contributed by atoms with Gasteiger partial charge in [0.05, 0.1) is 5.75 Å². The van der Waals surface area contributed by atoms with E-state index in [0.717, 1.165) is 19.3 Å². The molecule has 14 heavy (non-hydrogen) atoms. The fourth-order valence-corrected chi connectivity index (χ4v) is 3.22. The Labute approximate surface area is 86.0 Å². The van der Waals surface area contributed by atoms with Crippen LogP contribution in [-0.2, 0) is 10.0 Å². The van der Waals surface area contributed by atoms with Gasteiger partial charge >= 0.3 is 0 Å². The van der Waals surface area contributed by atoms with E-state index in [1.807, 2.05) is 6.92 Å². The molecule has 4 nitrogen and oxygen atoms in total. The number of nitrogens with zero attached hydrogens (tertiary/aromatic N) is 1. The van der Waals surface area contributed by atoms with Gasteiger partial charge in [-0.3, -0.25) is 0 Å². The van der Waals surface area contributed by atoms with Crippen LogP contribution >= 0.6 is 0 Å². The fourth-order valence-electron chi connectivity index (χ4n) is 1.65. The molecule has 1 heterocycles. The highest BCUT2D eigenvalue weighted by Crippen LogP contribution is 2.15. The zero-order valence-corrected chi connectivity index (χ0v) is 9.46. The van der Waals surface area contributed by atoms with E-state index < -0.39 is 10.0 Å². The SMILES string of the molecule is CC(CO)CCCN1CCCS1(=O)=O. The van der Waals surface area contributed by atoms with E-state index >= 15 is 0 Å². The Morgan fingerprint density at radius 3 is 2.71 bits per heavy atom. The van der Waals surface area contributed by atoms with E-state index in [1.54, 1.807) is 4.31 Å². The van der Waals surface area contributed by atoms with Crippen LogP contribution in [0.25, 0.3) is 0 Å². The molecule has 1 N–H and O–H groups in total. The van der Waals surface area contributed by atoms with Crippen LogP contribution in [0.4, 0.5) is 0 Å². The average Bonchev–Trinajstić information content (AvgIpc) is 2.45. The molecule has 0 spiro atoms. The number of aliphatic hydroxyl groups excluding tert-OH is 1. The highest BCUT2D eigenvalue weighted by atomic mass is 32.2. The second kappa shape index (κ2) is 5.09. The summed E-state index contributed by atoms with van der Waals surface area (Å²) in [5.41, 5.74) is 0. The molecule has 0 aliphatic carbocycles. The van der Waals surface area contributed by atoms with E-state index in [1.165, 1.54) is 0 Å². The van der Waals surface area contributed by atoms with Crippen LogP contribution in [0.2, 0.25) is 0 Å². The lowest BCUT2D eigenvalue weighted by atomic mass is 10.1. The average molecular weight is 221 g/mol. The molecule has 1 saturated heterocycles. The number of hydrogen-bond acceptors (Lipinski definition) is 3. The molecule has 0 aromatic rings. The summed E-state index contributed by atoms with van der Waals surface area (Å²) in [6.45, 7) is 3.45. The third-order valence-electron chi connectivity index (χ3n) is 2.62. The zero-order valence-electron chi connectivity index (χ0n) is 8.65. The van der Waals surface area contributed by atoms with Crippen molar-refractivity contribution in [3.05, 3.63) is 0 Å². The standard InChI is InChI=1S/C9H19NO3S/c1-9(8-11)4-2-5-10-6-3-7-14(10,12)13/h9,11H,2-8H2,1H3. The molecule has 0 bridgehead atoms. The highest BCUT2D eigenvalue weighted by Gasteiger charge is 2.27. The van der Waals surface area contributed by atoms with E-state index in [-0.39, 0.29) is 12.5 Å². The second-order valence-electron chi connectivity index (χ2n) is 4.00. The van der Waals surface area contributed by atoms with Crippen molar-refractivity contribution in [3.8, 4) is 0 Å². The van der Waals surface area contributed by atoms with Crippen molar-refractivity contribution in [2.24, 2.45) is 5.92 Å². The molecule has 0 aromatic carbocycles. The maximum Gasteiger partial charge on any atom is 0.214 e. The molecular weight excluding hydrogens is 202 g/mol. The lowest BCUT2D eigenvalue weighted by Crippen LogP contribution is -2.27. The van der Waals surface area contributed by atoms with Gasteiger partial charge in [-0.25, -0.2) is 12.7 Å². The Kier molecular flexibility index (Phi) is 4.34. The predicted octanol–water partition coefficient (Wildman–Crippen LogP) is 0.430. The van der Waals surface area contributed by atoms with Gasteiger partial charge in [-0.1, -0.05) is 6.92 Å². The van der Waals surface area contributed by atoms with E-state index in [4.69, 9.17) is 5.11 Å². The number of sulfonamides is 1. The van der Waals surface area contributed by atoms with Crippen LogP contribution in [0.15, 0.2) is 0 Å². The number of hydrogen-bond donors (Lipinski definition) is 1. The van der Waals surface area contributed by atoms with Crippen molar-refractivity contribution in [2.45, 2.75) is 26.2 Å². The Bertz CT molecular complexity index is 263. The molecule has 0 saturated carbocycles. The van der Waals surface area contributed by atoms with Crippen LogP contribution in [-0.4, -0.2) is 43.3 Å². The minimum atomic E-state index is -2.92. The topological polar surface area (TPSA) is 57.6 Å². The van der Waals surface area contributed by atoms with Crippen LogP contribution in [0.3, 0.4) is 0 Å². The van der Waals surface area contributed by atoms with Gasteiger partial charge in [0.1, 0.15) is 0 Å². The van der Waals surface area contributed by atoms with E-state index in [9.17, 15) is 8.42 Å². The molecule has 1 aliphatic heterocycles. The summed E-state index contributed by atoms with van der Waals surface area (Å²) in [5.74, 6) is 0.586. The van der Waals surface area contributed by atoms with Crippen LogP contribution in [0.5, 0.6) is 0 Å². The van der Waals surface area contributed by atoms with Gasteiger partial charge in [0.25, 0.3) is 0 Å². The Balaban J connectivity index is 2.25. The van der Waals surface area contributed by atoms with Crippen molar-refractivity contribution in [3.63, 3.8) is 0 Å². The summed E-state index contributed by atoms with van der Waals surface area (Å²) in [6, 6.07) is 0. The summed E-state index contributed by atoms with van der Waals surface area (Å²) in [4.78, 5) is 0. The second-order valence-corrected chi connectivity index (χ2v) is 6.09. The largest absolute Gasteiger partial charge is 0.396 e. The van der Waals surface area contributed by atoms with E-state index in [2.05, 4.69) is 0 Å². The summed E-state index contributed by atoms with van der Waals surface area (Å²) in [6.07, 6.45) is 2.50. The first-order chi connectivity index (χ1) is 6.56. The van der Waals surface area contributed by atoms with Gasteiger partial charge < -0.3 is 5.11 Å². The van der Waals surface area contributed by atoms with E-state index in [0.29, 0.717) is 18.8 Å². The fraction of sp³-hybridized carbons (Fsp3) is 1.00. The Morgan fingerprint density at radius 1 is 1.50 bits per heavy atom. The maximum absolute atomic E-state index is 11.4. The monoisotopic (exact) mass is 221 g/mol. The first-order valence-electron chi connectivity index (χ1n) is 5.15. The van der Waals surface area contributed by atoms with Gasteiger partial charge in [0.2, 0.25) is 10.0 Å². The number of aliphatic hydroxyl groups is 1. The highest BCUT2D eigenvalue weighted by molar-refractivity contribution is 7.89. The van der Waals surface area contributed by atoms with Gasteiger partial charge in [0, 0.05) is 19.7 Å². The first kappa shape index (κ1) is 11.9. The minimum absolute atomic E-state index is 0.187. The van der Waals surface area contributed by atoms with Crippen molar-refractivity contribution in [2.75, 3.05) is 25.4 Å². The normalized spacial score (nSPS) is 23.9. The molecule has 0 radical (unpaired) electrons. The van der Waals surface area contributed by atoms with Crippen molar-refractivity contribution in [1.29, 1.82) is 0 Å². The van der Waals surface area contributed by atoms with Gasteiger partial charge in [-0.2, -0.15) is 0 Å². The molecule has 5 heteroatoms. The summed E-state index contributed by atoms with van der Waals surface area (Å²) in [7, 11) is -2.92. The van der Waals surface area contributed by atoms with Crippen LogP contribution < -0.4 is 0 Å². The number of rotatable bonds is 5. The summed E-state index contributed by atoms with van der Waals surface area (Å²) < 4.78 is 24.3. The van der Waals surface area contributed by atoms with Crippen molar-refractivity contribution in [1.82, 2.24) is 4.31 Å². The lowest BCUT2D eigenvalue weighted by Gasteiger charge is -2.15. The van der Waals surface area contributed by atoms with Crippen molar-refractivity contribution >= 4 is 10.0 Å². The van der Waals surface area contributed by atoms with Gasteiger partial charge in [-0.05, 0) is 25.2 Å². The molecule has 1 unspecified atom stereocenters. The lowest BCUT2D eigenvalue weighted by molar-refractivity contribution is 0.225. The molecule has 84 valence electrons. The van der Waals surface area contributed by atoms with Crippen LogP contribution in [0.1, 0.15) is 26.2 Å². The molecule has 0 amide bonds. The van der Waals surface area contributed by atoms with Gasteiger partial charge in [0.15, 0.2) is 0 Å². The summed E-state index contributed by atoms with van der Waals surface area (Å²) >= 11 is 0. The molecular formula is C9H19NO3S. The first-order valence-corrected chi connectivity index (χ1v) is 6.76. The van der Waals surface area contributed by atoms with Gasteiger partial charge in [-0.15, -0.1) is 0 Å². The molecule has 1 aliphatic rings.